The number of unbranched alkanes of at least 4 members (excludes halogenated alkanes) is 36. The maximum absolute atomic E-state index is 13.0. The van der Waals surface area contributed by atoms with Crippen molar-refractivity contribution in [2.45, 2.75) is 348 Å². The van der Waals surface area contributed by atoms with Gasteiger partial charge in [0.15, 0.2) is 6.10 Å². The van der Waals surface area contributed by atoms with E-state index in [9.17, 15) is 14.4 Å². The van der Waals surface area contributed by atoms with Gasteiger partial charge in [-0.1, -0.05) is 323 Å². The Hall–Kier alpha value is -3.67. The van der Waals surface area contributed by atoms with Crippen LogP contribution in [0, 0.1) is 0 Å². The molecule has 6 heteroatoms. The Kier molecular flexibility index (Phi) is 65.7. The predicted molar refractivity (Wildman–Crippen MR) is 353 cm³/mol. The normalized spacial score (nSPS) is 12.7. The lowest BCUT2D eigenvalue weighted by Crippen LogP contribution is -2.30. The monoisotopic (exact) mass is 1130 g/mol. The summed E-state index contributed by atoms with van der Waals surface area (Å²) < 4.78 is 17.0. The smallest absolute Gasteiger partial charge is 0.306 e. The number of rotatable bonds is 63. The minimum absolute atomic E-state index is 0.0788. The van der Waals surface area contributed by atoms with Crippen LogP contribution in [0.2, 0.25) is 0 Å². The SMILES string of the molecule is CC/C=C\C/C=C\C/C=C\C/C=C\CCCCCCCCCCCCC(=O)OCC(COC(=O)CCCCCCCCCCCCCCCCCCCCC)OC(=O)CCCCCCCCCC/C=C\C/C=C\C/C=C\C/C=C\CC. The summed E-state index contributed by atoms with van der Waals surface area (Å²) in [4.78, 5) is 38.5. The molecule has 6 nitrogen and oxygen atoms in total. The highest BCUT2D eigenvalue weighted by Gasteiger charge is 2.19. The third-order valence-electron chi connectivity index (χ3n) is 15.1. The maximum atomic E-state index is 13.0. The number of carbonyl (C=O) groups excluding carboxylic acids is 3. The fraction of sp³-hybridized carbons (Fsp3) is 0.747. The van der Waals surface area contributed by atoms with Gasteiger partial charge in [0.05, 0.1) is 0 Å². The van der Waals surface area contributed by atoms with Crippen LogP contribution in [0.3, 0.4) is 0 Å². The summed E-state index contributed by atoms with van der Waals surface area (Å²) in [6, 6.07) is 0. The van der Waals surface area contributed by atoms with E-state index >= 15 is 0 Å². The topological polar surface area (TPSA) is 78.9 Å². The zero-order valence-corrected chi connectivity index (χ0v) is 53.5. The first-order chi connectivity index (χ1) is 40.0. The Labute approximate surface area is 502 Å². The van der Waals surface area contributed by atoms with Gasteiger partial charge in [-0.15, -0.1) is 0 Å². The highest BCUT2D eigenvalue weighted by Crippen LogP contribution is 2.17. The molecule has 0 radical (unpaired) electrons. The molecule has 1 unspecified atom stereocenters. The van der Waals surface area contributed by atoms with Gasteiger partial charge in [0.1, 0.15) is 13.2 Å². The molecule has 0 saturated carbocycles. The molecule has 0 aliphatic carbocycles. The number of carbonyl (C=O) groups is 3. The molecule has 0 N–H and O–H groups in total. The van der Waals surface area contributed by atoms with Crippen LogP contribution in [0.15, 0.2) is 97.2 Å². The standard InChI is InChI=1S/C75H130O6/c1-4-7-10-13-16-19-22-25-28-31-34-36-37-39-41-44-47-50-53-56-59-62-65-68-74(77)80-71-72(70-79-73(76)67-64-61-58-55-52-49-46-43-40-33-30-27-24-21-18-15-12-9-6-3)81-75(78)69-66-63-60-57-54-51-48-45-42-38-35-32-29-26-23-20-17-14-11-8-5-2/h7-8,10-11,16-17,19-20,25-26,28-29,34-36,38,72H,4-6,9,12-15,18,21-24,27,30-33,37,39-71H2,1-3H3/b10-7-,11-8-,19-16-,20-17-,28-25-,29-26-,36-34-,38-35-. The van der Waals surface area contributed by atoms with Crippen LogP contribution in [-0.2, 0) is 28.6 Å². The third kappa shape index (κ3) is 67.0. The van der Waals surface area contributed by atoms with E-state index in [0.29, 0.717) is 19.3 Å². The van der Waals surface area contributed by atoms with Gasteiger partial charge < -0.3 is 14.2 Å². The molecule has 0 aromatic heterocycles. The number of hydrogen-bond donors (Lipinski definition) is 0. The van der Waals surface area contributed by atoms with Crippen LogP contribution in [0.25, 0.3) is 0 Å². The molecule has 0 aliphatic rings. The van der Waals surface area contributed by atoms with Crippen molar-refractivity contribution in [3.8, 4) is 0 Å². The first kappa shape index (κ1) is 77.3. The average molecular weight is 1130 g/mol. The molecule has 0 aliphatic heterocycles. The lowest BCUT2D eigenvalue weighted by molar-refractivity contribution is -0.167. The molecule has 0 rings (SSSR count). The summed E-state index contributed by atoms with van der Waals surface area (Å²) >= 11 is 0. The molecule has 81 heavy (non-hydrogen) atoms. The number of allylic oxidation sites excluding steroid dienone is 16. The summed E-state index contributed by atoms with van der Waals surface area (Å²) in [6.45, 7) is 6.46. The Bertz CT molecular complexity index is 1580. The zero-order chi connectivity index (χ0) is 58.5. The number of ether oxygens (including phenoxy) is 3. The van der Waals surface area contributed by atoms with E-state index in [4.69, 9.17) is 14.2 Å². The van der Waals surface area contributed by atoms with Gasteiger partial charge in [0.2, 0.25) is 0 Å². The van der Waals surface area contributed by atoms with Gasteiger partial charge in [-0.2, -0.15) is 0 Å². The quantitative estimate of drug-likeness (QED) is 0.0261. The van der Waals surface area contributed by atoms with Crippen LogP contribution in [-0.4, -0.2) is 37.2 Å². The molecule has 0 bridgehead atoms. The van der Waals surface area contributed by atoms with Gasteiger partial charge in [-0.05, 0) is 96.3 Å². The third-order valence-corrected chi connectivity index (χ3v) is 15.1. The van der Waals surface area contributed by atoms with E-state index in [2.05, 4.69) is 118 Å². The van der Waals surface area contributed by atoms with Crippen molar-refractivity contribution in [2.24, 2.45) is 0 Å². The van der Waals surface area contributed by atoms with Crippen molar-refractivity contribution < 1.29 is 28.6 Å². The highest BCUT2D eigenvalue weighted by molar-refractivity contribution is 5.71. The number of hydrogen-bond acceptors (Lipinski definition) is 6. The van der Waals surface area contributed by atoms with E-state index in [1.807, 2.05) is 0 Å². The predicted octanol–water partition coefficient (Wildman–Crippen LogP) is 24.0. The zero-order valence-electron chi connectivity index (χ0n) is 53.5. The fourth-order valence-electron chi connectivity index (χ4n) is 9.96. The molecule has 0 saturated heterocycles. The molecule has 0 heterocycles. The largest absolute Gasteiger partial charge is 0.462 e. The highest BCUT2D eigenvalue weighted by atomic mass is 16.6. The van der Waals surface area contributed by atoms with Crippen LogP contribution < -0.4 is 0 Å². The van der Waals surface area contributed by atoms with Gasteiger partial charge in [0.25, 0.3) is 0 Å². The van der Waals surface area contributed by atoms with Gasteiger partial charge >= 0.3 is 17.9 Å². The van der Waals surface area contributed by atoms with Crippen molar-refractivity contribution in [1.82, 2.24) is 0 Å². The summed E-state index contributed by atoms with van der Waals surface area (Å²) in [7, 11) is 0. The average Bonchev–Trinajstić information content (AvgIpc) is 3.47. The first-order valence-corrected chi connectivity index (χ1v) is 34.7. The van der Waals surface area contributed by atoms with Gasteiger partial charge in [-0.3, -0.25) is 14.4 Å². The molecule has 0 aromatic rings. The summed E-state index contributed by atoms with van der Waals surface area (Å²) in [5.74, 6) is -0.873. The molecule has 1 atom stereocenters. The maximum Gasteiger partial charge on any atom is 0.306 e. The lowest BCUT2D eigenvalue weighted by Gasteiger charge is -2.18. The van der Waals surface area contributed by atoms with E-state index in [1.54, 1.807) is 0 Å². The Morgan fingerprint density at radius 2 is 0.481 bits per heavy atom. The molecular formula is C75H130O6. The van der Waals surface area contributed by atoms with Crippen LogP contribution in [0.5, 0.6) is 0 Å². The Balaban J connectivity index is 4.38. The second-order valence-electron chi connectivity index (χ2n) is 23.0. The Morgan fingerprint density at radius 3 is 0.753 bits per heavy atom. The second-order valence-corrected chi connectivity index (χ2v) is 23.0. The Morgan fingerprint density at radius 1 is 0.259 bits per heavy atom. The van der Waals surface area contributed by atoms with Crippen LogP contribution >= 0.6 is 0 Å². The minimum atomic E-state index is -0.785. The lowest BCUT2D eigenvalue weighted by atomic mass is 10.0. The van der Waals surface area contributed by atoms with Crippen molar-refractivity contribution >= 4 is 17.9 Å². The molecule has 0 aromatic carbocycles. The van der Waals surface area contributed by atoms with Gasteiger partial charge in [0, 0.05) is 19.3 Å². The molecule has 0 fully saturated rings. The van der Waals surface area contributed by atoms with Crippen molar-refractivity contribution in [1.29, 1.82) is 0 Å². The molecule has 0 amide bonds. The van der Waals surface area contributed by atoms with E-state index < -0.39 is 6.10 Å². The van der Waals surface area contributed by atoms with Gasteiger partial charge in [-0.25, -0.2) is 0 Å². The van der Waals surface area contributed by atoms with E-state index in [-0.39, 0.29) is 31.1 Å². The van der Waals surface area contributed by atoms with Crippen LogP contribution in [0.1, 0.15) is 342 Å². The second kappa shape index (κ2) is 68.8. The van der Waals surface area contributed by atoms with Crippen LogP contribution in [0.4, 0.5) is 0 Å². The van der Waals surface area contributed by atoms with Crippen molar-refractivity contribution in [3.05, 3.63) is 97.2 Å². The molecular weight excluding hydrogens is 997 g/mol. The molecule has 466 valence electrons. The van der Waals surface area contributed by atoms with E-state index in [1.165, 1.54) is 186 Å². The first-order valence-electron chi connectivity index (χ1n) is 34.7. The number of esters is 3. The summed E-state index contributed by atoms with van der Waals surface area (Å²) in [6.07, 6.45) is 92.7. The minimum Gasteiger partial charge on any atom is -0.462 e. The van der Waals surface area contributed by atoms with Crippen molar-refractivity contribution in [2.75, 3.05) is 13.2 Å². The molecule has 0 spiro atoms. The fourth-order valence-corrected chi connectivity index (χ4v) is 9.96. The van der Waals surface area contributed by atoms with Crippen molar-refractivity contribution in [3.63, 3.8) is 0 Å². The summed E-state index contributed by atoms with van der Waals surface area (Å²) in [5, 5.41) is 0. The van der Waals surface area contributed by atoms with E-state index in [0.717, 1.165) is 116 Å². The summed E-state index contributed by atoms with van der Waals surface area (Å²) in [5.41, 5.74) is 0.